The number of aromatic nitrogens is 4. The van der Waals surface area contributed by atoms with Gasteiger partial charge in [-0.1, -0.05) is 0 Å². The molecule has 0 bridgehead atoms. The van der Waals surface area contributed by atoms with Gasteiger partial charge in [0.15, 0.2) is 10.0 Å². The van der Waals surface area contributed by atoms with Crippen molar-refractivity contribution in [2.24, 2.45) is 0 Å². The molecule has 0 aliphatic rings. The number of hydrogen-bond acceptors (Lipinski definition) is 7. The van der Waals surface area contributed by atoms with Crippen LogP contribution < -0.4 is 5.73 Å². The van der Waals surface area contributed by atoms with E-state index in [2.05, 4.69) is 19.3 Å². The van der Waals surface area contributed by atoms with Crippen molar-refractivity contribution in [1.29, 1.82) is 0 Å². The number of aryl methyl sites for hydroxylation is 1. The van der Waals surface area contributed by atoms with Gasteiger partial charge in [0, 0.05) is 6.07 Å². The predicted molar refractivity (Wildman–Crippen MR) is 60.2 cm³/mol. The quantitative estimate of drug-likeness (QED) is 0.857. The van der Waals surface area contributed by atoms with Crippen molar-refractivity contribution in [3.8, 4) is 0 Å². The molecular formula is C8H6F3N5S2. The van der Waals surface area contributed by atoms with Crippen LogP contribution in [0.15, 0.2) is 15.4 Å². The molecule has 0 saturated carbocycles. The van der Waals surface area contributed by atoms with Gasteiger partial charge in [0.2, 0.25) is 5.95 Å². The van der Waals surface area contributed by atoms with Gasteiger partial charge >= 0.3 is 6.18 Å². The first-order valence-electron chi connectivity index (χ1n) is 4.54. The Labute approximate surface area is 108 Å². The van der Waals surface area contributed by atoms with Gasteiger partial charge in [-0.2, -0.15) is 17.5 Å². The van der Waals surface area contributed by atoms with Gasteiger partial charge in [0.25, 0.3) is 0 Å². The van der Waals surface area contributed by atoms with Crippen molar-refractivity contribution in [3.63, 3.8) is 0 Å². The number of alkyl halides is 3. The van der Waals surface area contributed by atoms with Crippen LogP contribution in [0.1, 0.15) is 11.5 Å². The van der Waals surface area contributed by atoms with Crippen LogP contribution in [0.25, 0.3) is 0 Å². The SMILES string of the molecule is Cc1nsc(Sc2cc(C(F)(F)F)nc(N)n2)n1. The number of nitrogens with two attached hydrogens (primary N) is 1. The van der Waals surface area contributed by atoms with Gasteiger partial charge in [-0.15, -0.1) is 0 Å². The molecular weight excluding hydrogens is 287 g/mol. The third-order valence-corrected chi connectivity index (χ3v) is 3.47. The average Bonchev–Trinajstić information content (AvgIpc) is 2.61. The molecule has 5 nitrogen and oxygen atoms in total. The molecule has 0 radical (unpaired) electrons. The predicted octanol–water partition coefficient (Wildman–Crippen LogP) is 2.39. The Morgan fingerprint density at radius 2 is 2.00 bits per heavy atom. The van der Waals surface area contributed by atoms with Crippen LogP contribution in [0.2, 0.25) is 0 Å². The molecule has 0 spiro atoms. The van der Waals surface area contributed by atoms with E-state index in [9.17, 15) is 13.2 Å². The van der Waals surface area contributed by atoms with E-state index in [-0.39, 0.29) is 5.03 Å². The minimum absolute atomic E-state index is 0.0889. The maximum Gasteiger partial charge on any atom is 0.433 e. The molecule has 0 aliphatic carbocycles. The Kier molecular flexibility index (Phi) is 3.39. The Morgan fingerprint density at radius 1 is 1.28 bits per heavy atom. The Hall–Kier alpha value is -1.42. The average molecular weight is 293 g/mol. The second-order valence-corrected chi connectivity index (χ2v) is 5.18. The third kappa shape index (κ3) is 3.07. The number of anilines is 1. The molecule has 2 aromatic rings. The van der Waals surface area contributed by atoms with E-state index in [1.165, 1.54) is 0 Å². The van der Waals surface area contributed by atoms with Crippen molar-refractivity contribution >= 4 is 29.2 Å². The molecule has 0 amide bonds. The van der Waals surface area contributed by atoms with Crippen LogP contribution in [0.3, 0.4) is 0 Å². The summed E-state index contributed by atoms with van der Waals surface area (Å²) in [5.41, 5.74) is 4.18. The third-order valence-electron chi connectivity index (χ3n) is 1.71. The highest BCUT2D eigenvalue weighted by Gasteiger charge is 2.33. The molecule has 10 heteroatoms. The fourth-order valence-corrected chi connectivity index (χ4v) is 2.66. The summed E-state index contributed by atoms with van der Waals surface area (Å²) in [5.74, 6) is 0.133. The zero-order valence-electron chi connectivity index (χ0n) is 8.89. The minimum atomic E-state index is -4.55. The van der Waals surface area contributed by atoms with Crippen LogP contribution in [-0.2, 0) is 6.18 Å². The summed E-state index contributed by atoms with van der Waals surface area (Å²) >= 11 is 2.05. The van der Waals surface area contributed by atoms with Gasteiger partial charge in [0.05, 0.1) is 0 Å². The van der Waals surface area contributed by atoms with Gasteiger partial charge in [0.1, 0.15) is 10.9 Å². The Bertz CT molecular complexity index is 568. The lowest BCUT2D eigenvalue weighted by Crippen LogP contribution is -2.11. The lowest BCUT2D eigenvalue weighted by molar-refractivity contribution is -0.141. The van der Waals surface area contributed by atoms with E-state index in [0.717, 1.165) is 29.4 Å². The first-order valence-corrected chi connectivity index (χ1v) is 6.13. The largest absolute Gasteiger partial charge is 0.433 e. The molecule has 0 atom stereocenters. The van der Waals surface area contributed by atoms with Gasteiger partial charge in [-0.05, 0) is 30.2 Å². The second-order valence-electron chi connectivity index (χ2n) is 3.16. The molecule has 0 aromatic carbocycles. The number of hydrogen-bond donors (Lipinski definition) is 1. The smallest absolute Gasteiger partial charge is 0.368 e. The molecule has 2 aromatic heterocycles. The van der Waals surface area contributed by atoms with Crippen LogP contribution in [0.4, 0.5) is 19.1 Å². The summed E-state index contributed by atoms with van der Waals surface area (Å²) in [4.78, 5) is 10.9. The molecule has 0 unspecified atom stereocenters. The number of halogens is 3. The van der Waals surface area contributed by atoms with Crippen LogP contribution in [0.5, 0.6) is 0 Å². The normalized spacial score (nSPS) is 11.8. The number of nitrogens with zero attached hydrogens (tertiary/aromatic N) is 4. The van der Waals surface area contributed by atoms with Crippen LogP contribution in [-0.4, -0.2) is 19.3 Å². The highest BCUT2D eigenvalue weighted by molar-refractivity contribution is 8.00. The molecule has 2 N–H and O–H groups in total. The van der Waals surface area contributed by atoms with Gasteiger partial charge in [-0.3, -0.25) is 0 Å². The molecule has 0 aliphatic heterocycles. The van der Waals surface area contributed by atoms with E-state index in [1.54, 1.807) is 6.92 Å². The first kappa shape index (κ1) is 13.0. The molecule has 0 fully saturated rings. The maximum atomic E-state index is 12.5. The summed E-state index contributed by atoms with van der Waals surface area (Å²) < 4.78 is 41.9. The van der Waals surface area contributed by atoms with E-state index in [4.69, 9.17) is 5.73 Å². The monoisotopic (exact) mass is 293 g/mol. The Morgan fingerprint density at radius 3 is 2.56 bits per heavy atom. The van der Waals surface area contributed by atoms with Gasteiger partial charge < -0.3 is 5.73 Å². The fraction of sp³-hybridized carbons (Fsp3) is 0.250. The van der Waals surface area contributed by atoms with Crippen molar-refractivity contribution < 1.29 is 13.2 Å². The summed E-state index contributed by atoms with van der Waals surface area (Å²) in [7, 11) is 0. The second kappa shape index (κ2) is 4.69. The molecule has 96 valence electrons. The van der Waals surface area contributed by atoms with Crippen LogP contribution in [0, 0.1) is 6.92 Å². The minimum Gasteiger partial charge on any atom is -0.368 e. The van der Waals surface area contributed by atoms with Crippen LogP contribution >= 0.6 is 23.3 Å². The van der Waals surface area contributed by atoms with E-state index < -0.39 is 17.8 Å². The lowest BCUT2D eigenvalue weighted by Gasteiger charge is -2.07. The maximum absolute atomic E-state index is 12.5. The molecule has 2 heterocycles. The Balaban J connectivity index is 2.31. The van der Waals surface area contributed by atoms with Gasteiger partial charge in [-0.25, -0.2) is 15.0 Å². The van der Waals surface area contributed by atoms with E-state index in [1.807, 2.05) is 0 Å². The highest BCUT2D eigenvalue weighted by atomic mass is 32.2. The topological polar surface area (TPSA) is 77.6 Å². The summed E-state index contributed by atoms with van der Waals surface area (Å²) in [5, 5.41) is 0.0889. The zero-order chi connectivity index (χ0) is 13.3. The summed E-state index contributed by atoms with van der Waals surface area (Å²) in [6, 6.07) is 0.831. The molecule has 0 saturated heterocycles. The highest BCUT2D eigenvalue weighted by Crippen LogP contribution is 2.33. The standard InChI is InChI=1S/C8H6F3N5S2/c1-3-13-7(18-16-3)17-5-2-4(8(9,10)11)14-6(12)15-5/h2H,1H3,(H2,12,14,15). The molecule has 2 rings (SSSR count). The first-order chi connectivity index (χ1) is 8.34. The van der Waals surface area contributed by atoms with Crippen molar-refractivity contribution in [2.75, 3.05) is 5.73 Å². The van der Waals surface area contributed by atoms with Crippen molar-refractivity contribution in [3.05, 3.63) is 17.6 Å². The zero-order valence-corrected chi connectivity index (χ0v) is 10.5. The summed E-state index contributed by atoms with van der Waals surface area (Å²) in [6.45, 7) is 1.69. The lowest BCUT2D eigenvalue weighted by atomic mass is 10.4. The van der Waals surface area contributed by atoms with Crippen molar-refractivity contribution in [1.82, 2.24) is 19.3 Å². The summed E-state index contributed by atoms with van der Waals surface area (Å²) in [6.07, 6.45) is -4.55. The van der Waals surface area contributed by atoms with E-state index in [0.29, 0.717) is 10.2 Å². The molecule has 18 heavy (non-hydrogen) atoms. The van der Waals surface area contributed by atoms with Crippen molar-refractivity contribution in [2.45, 2.75) is 22.5 Å². The van der Waals surface area contributed by atoms with E-state index >= 15 is 0 Å². The fourth-order valence-electron chi connectivity index (χ4n) is 1.05. The number of nitrogen functional groups attached to an aromatic ring is 1. The number of rotatable bonds is 2.